The molecule has 0 saturated carbocycles. The highest BCUT2D eigenvalue weighted by molar-refractivity contribution is 5.53. The first kappa shape index (κ1) is 6.91. The minimum Gasteiger partial charge on any atom is -0.217 e. The lowest BCUT2D eigenvalue weighted by molar-refractivity contribution is 1.04. The minimum atomic E-state index is 0.658. The van der Waals surface area contributed by atoms with Crippen LogP contribution in [0.15, 0.2) is 36.7 Å². The standard InChI is InChI=1S/C9H6N3/c1-2-4-8(5-3-1)9-11-6-10-7-12-9/h1-6H. The second kappa shape index (κ2) is 3.09. The SMILES string of the molecule is [c]1ncnc(-c2ccccc2)n1. The van der Waals surface area contributed by atoms with Gasteiger partial charge in [0.2, 0.25) is 6.33 Å². The van der Waals surface area contributed by atoms with E-state index in [4.69, 9.17) is 0 Å². The Hall–Kier alpha value is -1.77. The van der Waals surface area contributed by atoms with E-state index in [0.29, 0.717) is 5.82 Å². The summed E-state index contributed by atoms with van der Waals surface area (Å²) < 4.78 is 0. The fourth-order valence-corrected chi connectivity index (χ4v) is 0.941. The number of hydrogen-bond acceptors (Lipinski definition) is 3. The fraction of sp³-hybridized carbons (Fsp3) is 0. The maximum atomic E-state index is 4.00. The normalized spacial score (nSPS) is 9.67. The van der Waals surface area contributed by atoms with Crippen molar-refractivity contribution in [3.8, 4) is 11.4 Å². The molecule has 3 nitrogen and oxygen atoms in total. The molecule has 0 aliphatic carbocycles. The molecule has 3 heteroatoms. The van der Waals surface area contributed by atoms with Crippen molar-refractivity contribution in [3.63, 3.8) is 0 Å². The fourth-order valence-electron chi connectivity index (χ4n) is 0.941. The number of rotatable bonds is 1. The molecular weight excluding hydrogens is 150 g/mol. The molecule has 57 valence electrons. The van der Waals surface area contributed by atoms with Gasteiger partial charge >= 0.3 is 0 Å². The Morgan fingerprint density at radius 2 is 1.92 bits per heavy atom. The van der Waals surface area contributed by atoms with E-state index in [1.54, 1.807) is 0 Å². The molecule has 0 aliphatic rings. The number of nitrogens with zero attached hydrogens (tertiary/aromatic N) is 3. The van der Waals surface area contributed by atoms with Crippen LogP contribution in [0.3, 0.4) is 0 Å². The third-order valence-electron chi connectivity index (χ3n) is 1.48. The molecule has 0 saturated heterocycles. The van der Waals surface area contributed by atoms with Crippen molar-refractivity contribution in [1.82, 2.24) is 15.0 Å². The zero-order chi connectivity index (χ0) is 8.23. The Labute approximate surface area is 70.1 Å². The molecule has 0 atom stereocenters. The average Bonchev–Trinajstić information content (AvgIpc) is 2.21. The van der Waals surface area contributed by atoms with Gasteiger partial charge in [-0.1, -0.05) is 30.3 Å². The van der Waals surface area contributed by atoms with E-state index < -0.39 is 0 Å². The zero-order valence-corrected chi connectivity index (χ0v) is 6.31. The van der Waals surface area contributed by atoms with Gasteiger partial charge in [0.1, 0.15) is 6.33 Å². The zero-order valence-electron chi connectivity index (χ0n) is 6.31. The second-order valence-corrected chi connectivity index (χ2v) is 2.28. The van der Waals surface area contributed by atoms with E-state index in [1.165, 1.54) is 6.33 Å². The van der Waals surface area contributed by atoms with Gasteiger partial charge in [-0.2, -0.15) is 0 Å². The summed E-state index contributed by atoms with van der Waals surface area (Å²) in [5, 5.41) is 0. The van der Waals surface area contributed by atoms with Crippen molar-refractivity contribution in [1.29, 1.82) is 0 Å². The van der Waals surface area contributed by atoms with Gasteiger partial charge < -0.3 is 0 Å². The minimum absolute atomic E-state index is 0.658. The Balaban J connectivity index is 2.46. The van der Waals surface area contributed by atoms with Crippen LogP contribution in [0.4, 0.5) is 0 Å². The summed E-state index contributed by atoms with van der Waals surface area (Å²) in [6.07, 6.45) is 3.94. The van der Waals surface area contributed by atoms with Crippen LogP contribution >= 0.6 is 0 Å². The van der Waals surface area contributed by atoms with Crippen molar-refractivity contribution < 1.29 is 0 Å². The molecule has 0 fully saturated rings. The van der Waals surface area contributed by atoms with E-state index in [2.05, 4.69) is 21.3 Å². The predicted molar refractivity (Wildman–Crippen MR) is 44.1 cm³/mol. The van der Waals surface area contributed by atoms with E-state index in [1.807, 2.05) is 30.3 Å². The van der Waals surface area contributed by atoms with Crippen LogP contribution in [0.1, 0.15) is 0 Å². The number of hydrogen-bond donors (Lipinski definition) is 0. The molecule has 0 bridgehead atoms. The van der Waals surface area contributed by atoms with Gasteiger partial charge in [-0.25, -0.2) is 15.0 Å². The maximum absolute atomic E-state index is 4.00. The summed E-state index contributed by atoms with van der Waals surface area (Å²) >= 11 is 0. The van der Waals surface area contributed by atoms with Crippen LogP contribution in [-0.4, -0.2) is 15.0 Å². The highest BCUT2D eigenvalue weighted by atomic mass is 15.0. The van der Waals surface area contributed by atoms with Crippen molar-refractivity contribution in [3.05, 3.63) is 43.0 Å². The summed E-state index contributed by atoms with van der Waals surface area (Å²) in [6.45, 7) is 0. The monoisotopic (exact) mass is 156 g/mol. The number of aromatic nitrogens is 3. The van der Waals surface area contributed by atoms with E-state index in [-0.39, 0.29) is 0 Å². The molecule has 12 heavy (non-hydrogen) atoms. The molecule has 2 rings (SSSR count). The molecule has 2 aromatic rings. The van der Waals surface area contributed by atoms with Crippen molar-refractivity contribution in [2.45, 2.75) is 0 Å². The Morgan fingerprint density at radius 3 is 2.58 bits per heavy atom. The molecule has 0 unspecified atom stereocenters. The molecule has 0 aliphatic heterocycles. The summed E-state index contributed by atoms with van der Waals surface area (Å²) in [5.74, 6) is 0.658. The van der Waals surface area contributed by atoms with Crippen LogP contribution in [0, 0.1) is 6.33 Å². The summed E-state index contributed by atoms with van der Waals surface area (Å²) in [5.41, 5.74) is 0.983. The molecular formula is C9H6N3. The van der Waals surface area contributed by atoms with Gasteiger partial charge in [-0.05, 0) is 0 Å². The predicted octanol–water partition coefficient (Wildman–Crippen LogP) is 1.34. The van der Waals surface area contributed by atoms with Crippen molar-refractivity contribution in [2.24, 2.45) is 0 Å². The molecule has 0 amide bonds. The summed E-state index contributed by atoms with van der Waals surface area (Å²) in [7, 11) is 0. The Kier molecular flexibility index (Phi) is 1.78. The summed E-state index contributed by atoms with van der Waals surface area (Å²) in [6, 6.07) is 9.74. The average molecular weight is 156 g/mol. The molecule has 1 aromatic carbocycles. The number of benzene rings is 1. The Morgan fingerprint density at radius 1 is 1.08 bits per heavy atom. The molecule has 1 heterocycles. The van der Waals surface area contributed by atoms with Crippen molar-refractivity contribution >= 4 is 0 Å². The van der Waals surface area contributed by atoms with E-state index in [9.17, 15) is 0 Å². The smallest absolute Gasteiger partial charge is 0.201 e. The van der Waals surface area contributed by atoms with Gasteiger partial charge in [0.15, 0.2) is 5.82 Å². The van der Waals surface area contributed by atoms with Gasteiger partial charge in [0.25, 0.3) is 0 Å². The first-order valence-corrected chi connectivity index (χ1v) is 3.57. The third kappa shape index (κ3) is 1.29. The quantitative estimate of drug-likeness (QED) is 0.625. The van der Waals surface area contributed by atoms with Gasteiger partial charge in [-0.3, -0.25) is 0 Å². The molecule has 1 radical (unpaired) electrons. The van der Waals surface area contributed by atoms with Gasteiger partial charge in [-0.15, -0.1) is 0 Å². The topological polar surface area (TPSA) is 38.7 Å². The van der Waals surface area contributed by atoms with Crippen LogP contribution < -0.4 is 0 Å². The molecule has 0 spiro atoms. The van der Waals surface area contributed by atoms with Crippen molar-refractivity contribution in [2.75, 3.05) is 0 Å². The first-order chi connectivity index (χ1) is 5.97. The highest BCUT2D eigenvalue weighted by Crippen LogP contribution is 2.10. The lowest BCUT2D eigenvalue weighted by atomic mass is 10.2. The summed E-state index contributed by atoms with van der Waals surface area (Å²) in [4.78, 5) is 11.5. The maximum Gasteiger partial charge on any atom is 0.201 e. The lowest BCUT2D eigenvalue weighted by Crippen LogP contribution is -1.88. The van der Waals surface area contributed by atoms with Crippen LogP contribution in [0.2, 0.25) is 0 Å². The van der Waals surface area contributed by atoms with Crippen LogP contribution in [-0.2, 0) is 0 Å². The van der Waals surface area contributed by atoms with E-state index >= 15 is 0 Å². The first-order valence-electron chi connectivity index (χ1n) is 3.57. The third-order valence-corrected chi connectivity index (χ3v) is 1.48. The second-order valence-electron chi connectivity index (χ2n) is 2.28. The van der Waals surface area contributed by atoms with Gasteiger partial charge in [0, 0.05) is 5.56 Å². The Bertz CT molecular complexity index is 307. The molecule has 0 N–H and O–H groups in total. The lowest BCUT2D eigenvalue weighted by Gasteiger charge is -1.95. The van der Waals surface area contributed by atoms with Gasteiger partial charge in [0.05, 0.1) is 0 Å². The van der Waals surface area contributed by atoms with Crippen LogP contribution in [0.25, 0.3) is 11.4 Å². The van der Waals surface area contributed by atoms with Crippen LogP contribution in [0.5, 0.6) is 0 Å². The largest absolute Gasteiger partial charge is 0.217 e. The molecule has 1 aromatic heterocycles. The highest BCUT2D eigenvalue weighted by Gasteiger charge is 1.96. The van der Waals surface area contributed by atoms with E-state index in [0.717, 1.165) is 5.56 Å².